The van der Waals surface area contributed by atoms with Crippen molar-refractivity contribution in [2.75, 3.05) is 50.0 Å². The molecule has 5 nitrogen and oxygen atoms in total. The summed E-state index contributed by atoms with van der Waals surface area (Å²) in [6, 6.07) is 21.1. The fraction of sp³-hybridized carbons (Fsp3) is 0.280. The number of hydrogen-bond acceptors (Lipinski definition) is 6. The van der Waals surface area contributed by atoms with E-state index in [-0.39, 0.29) is 5.82 Å². The Morgan fingerprint density at radius 3 is 2.41 bits per heavy atom. The van der Waals surface area contributed by atoms with Gasteiger partial charge in [-0.1, -0.05) is 18.2 Å². The molecule has 32 heavy (non-hydrogen) atoms. The van der Waals surface area contributed by atoms with Crippen LogP contribution in [-0.2, 0) is 6.54 Å². The number of nitrogens with one attached hydrogen (secondary N) is 1. The first-order valence-corrected chi connectivity index (χ1v) is 11.4. The van der Waals surface area contributed by atoms with Crippen LogP contribution in [0, 0.1) is 5.82 Å². The molecule has 7 heteroatoms. The van der Waals surface area contributed by atoms with Crippen LogP contribution >= 0.6 is 11.9 Å². The smallest absolute Gasteiger partial charge is 0.161 e. The van der Waals surface area contributed by atoms with E-state index in [1.165, 1.54) is 35.3 Å². The Kier molecular flexibility index (Phi) is 7.39. The number of rotatable bonds is 8. The Bertz CT molecular complexity index is 1040. The summed E-state index contributed by atoms with van der Waals surface area (Å²) in [7, 11) is 3.32. The molecule has 3 aromatic rings. The molecule has 168 valence electrons. The van der Waals surface area contributed by atoms with Gasteiger partial charge in [-0.15, -0.1) is 0 Å². The molecule has 0 atom stereocenters. The summed E-state index contributed by atoms with van der Waals surface area (Å²) in [6.07, 6.45) is 0. The molecule has 1 aliphatic rings. The molecule has 0 saturated carbocycles. The number of ether oxygens (including phenoxy) is 2. The molecule has 0 spiro atoms. The van der Waals surface area contributed by atoms with E-state index in [9.17, 15) is 4.39 Å². The number of hydrogen-bond donors (Lipinski definition) is 1. The van der Waals surface area contributed by atoms with Crippen molar-refractivity contribution in [1.29, 1.82) is 0 Å². The SMILES string of the molecule is COc1ccc(CN2CCN(c3cccc(NSc4cccc(F)c4)c3)CC2)cc1OC. The van der Waals surface area contributed by atoms with Gasteiger partial charge < -0.3 is 19.1 Å². The van der Waals surface area contributed by atoms with E-state index in [2.05, 4.69) is 44.9 Å². The summed E-state index contributed by atoms with van der Waals surface area (Å²) in [6.45, 7) is 4.80. The number of benzene rings is 3. The first kappa shape index (κ1) is 22.3. The summed E-state index contributed by atoms with van der Waals surface area (Å²) in [4.78, 5) is 5.71. The van der Waals surface area contributed by atoms with Gasteiger partial charge in [-0.2, -0.15) is 0 Å². The van der Waals surface area contributed by atoms with E-state index in [1.807, 2.05) is 18.2 Å². The second-order valence-electron chi connectivity index (χ2n) is 7.66. The molecule has 0 amide bonds. The molecule has 0 unspecified atom stereocenters. The van der Waals surface area contributed by atoms with E-state index in [4.69, 9.17) is 9.47 Å². The van der Waals surface area contributed by atoms with Crippen LogP contribution in [0.2, 0.25) is 0 Å². The molecule has 1 fully saturated rings. The van der Waals surface area contributed by atoms with Crippen LogP contribution < -0.4 is 19.1 Å². The van der Waals surface area contributed by atoms with Gasteiger partial charge in [0.1, 0.15) is 5.82 Å². The van der Waals surface area contributed by atoms with E-state index in [0.29, 0.717) is 0 Å². The van der Waals surface area contributed by atoms with Crippen LogP contribution in [0.3, 0.4) is 0 Å². The minimum absolute atomic E-state index is 0.225. The average molecular weight is 454 g/mol. The highest BCUT2D eigenvalue weighted by Crippen LogP contribution is 2.29. The van der Waals surface area contributed by atoms with Gasteiger partial charge in [0.25, 0.3) is 0 Å². The zero-order chi connectivity index (χ0) is 22.3. The Balaban J connectivity index is 1.32. The fourth-order valence-corrected chi connectivity index (χ4v) is 4.50. The first-order valence-electron chi connectivity index (χ1n) is 10.6. The van der Waals surface area contributed by atoms with E-state index >= 15 is 0 Å². The van der Waals surface area contributed by atoms with E-state index in [1.54, 1.807) is 20.3 Å². The maximum Gasteiger partial charge on any atom is 0.161 e. The van der Waals surface area contributed by atoms with Crippen LogP contribution in [0.5, 0.6) is 11.5 Å². The van der Waals surface area contributed by atoms with Crippen molar-refractivity contribution in [1.82, 2.24) is 4.90 Å². The Morgan fingerprint density at radius 2 is 1.66 bits per heavy atom. The van der Waals surface area contributed by atoms with Gasteiger partial charge in [0.15, 0.2) is 11.5 Å². The minimum Gasteiger partial charge on any atom is -0.493 e. The molecular formula is C25H28FN3O2S. The van der Waals surface area contributed by atoms with Gasteiger partial charge in [0.05, 0.1) is 14.2 Å². The van der Waals surface area contributed by atoms with Crippen molar-refractivity contribution in [3.63, 3.8) is 0 Å². The molecule has 1 saturated heterocycles. The topological polar surface area (TPSA) is 37.0 Å². The number of halogens is 1. The molecule has 4 rings (SSSR count). The van der Waals surface area contributed by atoms with Crippen molar-refractivity contribution >= 4 is 23.3 Å². The molecule has 0 aliphatic carbocycles. The highest BCUT2D eigenvalue weighted by Gasteiger charge is 2.18. The molecule has 1 heterocycles. The van der Waals surface area contributed by atoms with Crippen molar-refractivity contribution in [2.45, 2.75) is 11.4 Å². The van der Waals surface area contributed by atoms with Crippen LogP contribution in [0.15, 0.2) is 71.6 Å². The number of methoxy groups -OCH3 is 2. The van der Waals surface area contributed by atoms with Crippen LogP contribution in [0.25, 0.3) is 0 Å². The highest BCUT2D eigenvalue weighted by molar-refractivity contribution is 8.00. The normalized spacial score (nSPS) is 14.3. The van der Waals surface area contributed by atoms with Gasteiger partial charge in [-0.3, -0.25) is 4.90 Å². The lowest BCUT2D eigenvalue weighted by Crippen LogP contribution is -2.45. The highest BCUT2D eigenvalue weighted by atomic mass is 32.2. The van der Waals surface area contributed by atoms with Gasteiger partial charge in [-0.25, -0.2) is 4.39 Å². The van der Waals surface area contributed by atoms with Crippen LogP contribution in [0.1, 0.15) is 5.56 Å². The second kappa shape index (κ2) is 10.6. The monoisotopic (exact) mass is 453 g/mol. The molecule has 1 N–H and O–H groups in total. The summed E-state index contributed by atoms with van der Waals surface area (Å²) in [5.41, 5.74) is 3.42. The summed E-state index contributed by atoms with van der Waals surface area (Å²) in [5.74, 6) is 1.30. The zero-order valence-electron chi connectivity index (χ0n) is 18.4. The van der Waals surface area contributed by atoms with Gasteiger partial charge in [0, 0.05) is 49.0 Å². The quantitative estimate of drug-likeness (QED) is 0.468. The molecule has 0 radical (unpaired) electrons. The van der Waals surface area contributed by atoms with Crippen LogP contribution in [-0.4, -0.2) is 45.3 Å². The second-order valence-corrected chi connectivity index (χ2v) is 8.54. The Morgan fingerprint density at radius 1 is 0.875 bits per heavy atom. The fourth-order valence-electron chi connectivity index (χ4n) is 3.82. The third-order valence-electron chi connectivity index (χ3n) is 5.52. The van der Waals surface area contributed by atoms with Gasteiger partial charge >= 0.3 is 0 Å². The Labute approximate surface area is 193 Å². The van der Waals surface area contributed by atoms with E-state index in [0.717, 1.165) is 54.8 Å². The number of anilines is 2. The molecular weight excluding hydrogens is 425 g/mol. The van der Waals surface area contributed by atoms with Crippen molar-refractivity contribution < 1.29 is 13.9 Å². The molecule has 1 aliphatic heterocycles. The van der Waals surface area contributed by atoms with Crippen molar-refractivity contribution in [2.24, 2.45) is 0 Å². The van der Waals surface area contributed by atoms with E-state index < -0.39 is 0 Å². The lowest BCUT2D eigenvalue weighted by molar-refractivity contribution is 0.249. The van der Waals surface area contributed by atoms with Gasteiger partial charge in [0.2, 0.25) is 0 Å². The third kappa shape index (κ3) is 5.66. The van der Waals surface area contributed by atoms with Crippen LogP contribution in [0.4, 0.5) is 15.8 Å². The summed E-state index contributed by atoms with van der Waals surface area (Å²) in [5, 5.41) is 0. The van der Waals surface area contributed by atoms with Crippen molar-refractivity contribution in [3.05, 3.63) is 78.1 Å². The third-order valence-corrected chi connectivity index (χ3v) is 6.35. The number of piperazine rings is 1. The Hall–Kier alpha value is -2.90. The summed E-state index contributed by atoms with van der Waals surface area (Å²) >= 11 is 1.41. The predicted octanol–water partition coefficient (Wildman–Crippen LogP) is 5.28. The van der Waals surface area contributed by atoms with Crippen molar-refractivity contribution in [3.8, 4) is 11.5 Å². The number of nitrogens with zero attached hydrogens (tertiary/aromatic N) is 2. The maximum absolute atomic E-state index is 13.4. The largest absolute Gasteiger partial charge is 0.493 e. The molecule has 0 aromatic heterocycles. The maximum atomic E-state index is 13.4. The lowest BCUT2D eigenvalue weighted by Gasteiger charge is -2.36. The van der Waals surface area contributed by atoms with Gasteiger partial charge in [-0.05, 0) is 66.0 Å². The lowest BCUT2D eigenvalue weighted by atomic mass is 10.1. The first-order chi connectivity index (χ1) is 15.6. The predicted molar refractivity (Wildman–Crippen MR) is 129 cm³/mol. The molecule has 3 aromatic carbocycles. The average Bonchev–Trinajstić information content (AvgIpc) is 2.83. The standard InChI is InChI=1S/C25H28FN3O2S/c1-30-24-10-9-19(15-25(24)31-2)18-28-11-13-29(14-12-28)22-7-4-6-21(17-22)27-32-23-8-3-5-20(26)16-23/h3-10,15-17,27H,11-14,18H2,1-2H3. The molecule has 0 bridgehead atoms. The summed E-state index contributed by atoms with van der Waals surface area (Å²) < 4.78 is 27.5. The minimum atomic E-state index is -0.225. The zero-order valence-corrected chi connectivity index (χ0v) is 19.2.